The van der Waals surface area contributed by atoms with Crippen LogP contribution in [0.2, 0.25) is 0 Å². The molecular weight excluding hydrogens is 350 g/mol. The van der Waals surface area contributed by atoms with E-state index >= 15 is 0 Å². The third-order valence-electron chi connectivity index (χ3n) is 4.45. The summed E-state index contributed by atoms with van der Waals surface area (Å²) in [4.78, 5) is 12.3. The molecule has 1 amide bonds. The van der Waals surface area contributed by atoms with E-state index in [2.05, 4.69) is 10.6 Å². The summed E-state index contributed by atoms with van der Waals surface area (Å²) in [5, 5.41) is 6.29. The smallest absolute Gasteiger partial charge is 0.251 e. The van der Waals surface area contributed by atoms with Crippen LogP contribution < -0.4 is 14.9 Å². The molecule has 2 aliphatic heterocycles. The van der Waals surface area contributed by atoms with E-state index in [9.17, 15) is 13.2 Å². The Morgan fingerprint density at radius 3 is 2.83 bits per heavy atom. The summed E-state index contributed by atoms with van der Waals surface area (Å²) in [6.07, 6.45) is 2.90. The van der Waals surface area contributed by atoms with Crippen molar-refractivity contribution in [2.24, 2.45) is 5.92 Å². The zero-order valence-electron chi connectivity index (χ0n) is 13.5. The fraction of sp³-hybridized carbons (Fsp3) is 0.562. The first-order chi connectivity index (χ1) is 11.1. The van der Waals surface area contributed by atoms with Gasteiger partial charge in [0.15, 0.2) is 0 Å². The van der Waals surface area contributed by atoms with Gasteiger partial charge in [0.25, 0.3) is 5.91 Å². The Balaban J connectivity index is 0.00000208. The lowest BCUT2D eigenvalue weighted by Gasteiger charge is -2.23. The van der Waals surface area contributed by atoms with Crippen molar-refractivity contribution in [3.8, 4) is 0 Å². The van der Waals surface area contributed by atoms with Crippen LogP contribution in [0.3, 0.4) is 0 Å². The van der Waals surface area contributed by atoms with Gasteiger partial charge in [-0.15, -0.1) is 12.4 Å². The Kier molecular flexibility index (Phi) is 6.48. The van der Waals surface area contributed by atoms with Gasteiger partial charge in [0.05, 0.1) is 11.4 Å². The lowest BCUT2D eigenvalue weighted by Crippen LogP contribution is -2.38. The molecule has 134 valence electrons. The van der Waals surface area contributed by atoms with Gasteiger partial charge in [-0.2, -0.15) is 0 Å². The minimum atomic E-state index is -3.22. The van der Waals surface area contributed by atoms with E-state index in [4.69, 9.17) is 0 Å². The SMILES string of the molecule is Cl.O=C(NCC1CCCNC1)c1cccc(N2CCCS2(=O)=O)c1. The summed E-state index contributed by atoms with van der Waals surface area (Å²) in [5.41, 5.74) is 1.09. The van der Waals surface area contributed by atoms with E-state index in [1.807, 2.05) is 0 Å². The quantitative estimate of drug-likeness (QED) is 0.835. The van der Waals surface area contributed by atoms with Crippen LogP contribution in [0.25, 0.3) is 0 Å². The molecule has 0 aliphatic carbocycles. The predicted molar refractivity (Wildman–Crippen MR) is 97.4 cm³/mol. The second kappa shape index (κ2) is 8.18. The van der Waals surface area contributed by atoms with Gasteiger partial charge in [0.2, 0.25) is 10.0 Å². The highest BCUT2D eigenvalue weighted by molar-refractivity contribution is 7.93. The molecule has 8 heteroatoms. The van der Waals surface area contributed by atoms with Crippen LogP contribution in [0.1, 0.15) is 29.6 Å². The number of hydrogen-bond donors (Lipinski definition) is 2. The van der Waals surface area contributed by atoms with Gasteiger partial charge in [-0.05, 0) is 56.5 Å². The van der Waals surface area contributed by atoms with E-state index in [1.165, 1.54) is 4.31 Å². The molecule has 24 heavy (non-hydrogen) atoms. The zero-order chi connectivity index (χ0) is 16.3. The summed E-state index contributed by atoms with van der Waals surface area (Å²) >= 11 is 0. The summed E-state index contributed by atoms with van der Waals surface area (Å²) in [5.74, 6) is 0.502. The summed E-state index contributed by atoms with van der Waals surface area (Å²) in [6.45, 7) is 3.13. The molecule has 2 aliphatic rings. The predicted octanol–water partition coefficient (Wildman–Crippen LogP) is 1.38. The van der Waals surface area contributed by atoms with Crippen molar-refractivity contribution in [2.75, 3.05) is 36.2 Å². The molecule has 1 aromatic carbocycles. The average molecular weight is 374 g/mol. The van der Waals surface area contributed by atoms with Crippen molar-refractivity contribution in [3.63, 3.8) is 0 Å². The highest BCUT2D eigenvalue weighted by atomic mass is 35.5. The Labute approximate surface area is 149 Å². The Morgan fingerprint density at radius 2 is 2.17 bits per heavy atom. The van der Waals surface area contributed by atoms with Gasteiger partial charge >= 0.3 is 0 Å². The molecule has 0 aromatic heterocycles. The number of halogens is 1. The van der Waals surface area contributed by atoms with Crippen LogP contribution in [0.4, 0.5) is 5.69 Å². The average Bonchev–Trinajstić information content (AvgIpc) is 2.93. The number of carbonyl (C=O) groups excluding carboxylic acids is 1. The van der Waals surface area contributed by atoms with Gasteiger partial charge in [0, 0.05) is 18.7 Å². The number of hydrogen-bond acceptors (Lipinski definition) is 4. The number of piperidine rings is 1. The molecule has 0 saturated carbocycles. The monoisotopic (exact) mass is 373 g/mol. The zero-order valence-corrected chi connectivity index (χ0v) is 15.2. The maximum atomic E-state index is 12.3. The Bertz CT molecular complexity index is 675. The molecule has 3 rings (SSSR count). The van der Waals surface area contributed by atoms with Crippen LogP contribution in [0.15, 0.2) is 24.3 Å². The molecule has 1 atom stereocenters. The van der Waals surface area contributed by atoms with Gasteiger partial charge in [-0.25, -0.2) is 8.42 Å². The number of carbonyl (C=O) groups is 1. The minimum absolute atomic E-state index is 0. The van der Waals surface area contributed by atoms with Crippen molar-refractivity contribution in [1.29, 1.82) is 0 Å². The molecule has 1 aromatic rings. The number of nitrogens with zero attached hydrogens (tertiary/aromatic N) is 1. The Morgan fingerprint density at radius 1 is 1.33 bits per heavy atom. The summed E-state index contributed by atoms with van der Waals surface area (Å²) in [6, 6.07) is 6.86. The first-order valence-electron chi connectivity index (χ1n) is 8.16. The first kappa shape index (κ1) is 19.0. The maximum Gasteiger partial charge on any atom is 0.251 e. The minimum Gasteiger partial charge on any atom is -0.352 e. The molecule has 0 radical (unpaired) electrons. The van der Waals surface area contributed by atoms with Crippen LogP contribution >= 0.6 is 12.4 Å². The lowest BCUT2D eigenvalue weighted by atomic mass is 9.99. The highest BCUT2D eigenvalue weighted by Crippen LogP contribution is 2.24. The first-order valence-corrected chi connectivity index (χ1v) is 9.76. The van der Waals surface area contributed by atoms with E-state index in [0.29, 0.717) is 36.7 Å². The van der Waals surface area contributed by atoms with E-state index in [-0.39, 0.29) is 24.1 Å². The number of amides is 1. The van der Waals surface area contributed by atoms with Crippen molar-refractivity contribution in [3.05, 3.63) is 29.8 Å². The normalized spacial score (nSPS) is 22.7. The summed E-state index contributed by atoms with van der Waals surface area (Å²) in [7, 11) is -3.22. The standard InChI is InChI=1S/C16H23N3O3S.ClH/c20-16(18-12-13-4-2-7-17-11-13)14-5-1-6-15(10-14)19-8-3-9-23(19,21)22;/h1,5-6,10,13,17H,2-4,7-9,11-12H2,(H,18,20);1H. The van der Waals surface area contributed by atoms with E-state index in [0.717, 1.165) is 25.9 Å². The fourth-order valence-electron chi connectivity index (χ4n) is 3.17. The summed E-state index contributed by atoms with van der Waals surface area (Å²) < 4.78 is 25.4. The van der Waals surface area contributed by atoms with Crippen LogP contribution in [0, 0.1) is 5.92 Å². The molecule has 2 fully saturated rings. The van der Waals surface area contributed by atoms with Crippen LogP contribution in [0.5, 0.6) is 0 Å². The molecule has 6 nitrogen and oxygen atoms in total. The van der Waals surface area contributed by atoms with Gasteiger partial charge in [-0.1, -0.05) is 6.07 Å². The Hall–Kier alpha value is -1.31. The van der Waals surface area contributed by atoms with Gasteiger partial charge in [-0.3, -0.25) is 9.10 Å². The molecule has 0 spiro atoms. The number of rotatable bonds is 4. The maximum absolute atomic E-state index is 12.3. The van der Waals surface area contributed by atoms with Gasteiger partial charge < -0.3 is 10.6 Å². The van der Waals surface area contributed by atoms with Crippen LogP contribution in [-0.4, -0.2) is 46.3 Å². The number of nitrogens with one attached hydrogen (secondary N) is 2. The second-order valence-electron chi connectivity index (χ2n) is 6.21. The fourth-order valence-corrected chi connectivity index (χ4v) is 4.73. The molecule has 0 bridgehead atoms. The number of sulfonamides is 1. The van der Waals surface area contributed by atoms with Crippen molar-refractivity contribution >= 4 is 34.0 Å². The van der Waals surface area contributed by atoms with E-state index in [1.54, 1.807) is 24.3 Å². The highest BCUT2D eigenvalue weighted by Gasteiger charge is 2.28. The topological polar surface area (TPSA) is 78.5 Å². The molecule has 2 heterocycles. The second-order valence-corrected chi connectivity index (χ2v) is 8.23. The lowest BCUT2D eigenvalue weighted by molar-refractivity contribution is 0.0945. The van der Waals surface area contributed by atoms with Crippen molar-refractivity contribution < 1.29 is 13.2 Å². The molecular formula is C16H24ClN3O3S. The van der Waals surface area contributed by atoms with E-state index < -0.39 is 10.0 Å². The molecule has 1 unspecified atom stereocenters. The van der Waals surface area contributed by atoms with Crippen LogP contribution in [-0.2, 0) is 10.0 Å². The van der Waals surface area contributed by atoms with Crippen molar-refractivity contribution in [1.82, 2.24) is 10.6 Å². The molecule has 2 N–H and O–H groups in total. The number of anilines is 1. The number of benzene rings is 1. The third kappa shape index (κ3) is 4.40. The largest absolute Gasteiger partial charge is 0.352 e. The third-order valence-corrected chi connectivity index (χ3v) is 6.32. The van der Waals surface area contributed by atoms with Crippen molar-refractivity contribution in [2.45, 2.75) is 19.3 Å². The molecule has 2 saturated heterocycles. The van der Waals surface area contributed by atoms with Gasteiger partial charge in [0.1, 0.15) is 0 Å².